The largest absolute Gasteiger partial charge is 0.311 e. The van der Waals surface area contributed by atoms with Crippen molar-refractivity contribution in [3.8, 4) is 0 Å². The topological polar surface area (TPSA) is 15.3 Å². The maximum absolute atomic E-state index is 12.9. The van der Waals surface area contributed by atoms with E-state index in [1.807, 2.05) is 12.1 Å². The zero-order valence-electron chi connectivity index (χ0n) is 12.4. The minimum absolute atomic E-state index is 0.162. The Hall–Kier alpha value is -0.930. The molecule has 2 unspecified atom stereocenters. The number of benzene rings is 1. The van der Waals surface area contributed by atoms with Crippen LogP contribution in [0.1, 0.15) is 33.3 Å². The maximum atomic E-state index is 12.9. The Morgan fingerprint density at radius 3 is 2.47 bits per heavy atom. The molecule has 1 fully saturated rings. The van der Waals surface area contributed by atoms with Crippen molar-refractivity contribution in [2.24, 2.45) is 5.41 Å². The van der Waals surface area contributed by atoms with Crippen molar-refractivity contribution in [2.75, 3.05) is 13.1 Å². The Balaban J connectivity index is 2.03. The van der Waals surface area contributed by atoms with E-state index in [2.05, 4.69) is 37.9 Å². The monoisotopic (exact) mass is 264 g/mol. The fourth-order valence-electron chi connectivity index (χ4n) is 2.55. The molecule has 19 heavy (non-hydrogen) atoms. The molecule has 1 aliphatic heterocycles. The summed E-state index contributed by atoms with van der Waals surface area (Å²) in [5, 5.41) is 3.63. The van der Waals surface area contributed by atoms with Crippen LogP contribution in [-0.4, -0.2) is 30.1 Å². The highest BCUT2D eigenvalue weighted by Gasteiger charge is 2.32. The molecule has 0 aliphatic carbocycles. The summed E-state index contributed by atoms with van der Waals surface area (Å²) in [6.45, 7) is 12.0. The molecule has 3 heteroatoms. The number of hydrogen-bond acceptors (Lipinski definition) is 2. The molecule has 0 aromatic heterocycles. The third-order valence-electron chi connectivity index (χ3n) is 4.04. The van der Waals surface area contributed by atoms with Gasteiger partial charge < -0.3 is 5.32 Å². The smallest absolute Gasteiger partial charge is 0.123 e. The second kappa shape index (κ2) is 5.59. The van der Waals surface area contributed by atoms with Gasteiger partial charge in [-0.2, -0.15) is 0 Å². The summed E-state index contributed by atoms with van der Waals surface area (Å²) in [5.41, 5.74) is 1.45. The summed E-state index contributed by atoms with van der Waals surface area (Å²) in [6.07, 6.45) is 0. The zero-order valence-corrected chi connectivity index (χ0v) is 12.4. The molecular weight excluding hydrogens is 239 g/mol. The lowest BCUT2D eigenvalue weighted by atomic mass is 9.84. The SMILES string of the molecule is CC1CNC(C(C)(C)C)CN1Cc1ccc(F)cc1. The van der Waals surface area contributed by atoms with Crippen molar-refractivity contribution in [1.82, 2.24) is 10.2 Å². The van der Waals surface area contributed by atoms with Gasteiger partial charge >= 0.3 is 0 Å². The van der Waals surface area contributed by atoms with E-state index in [9.17, 15) is 4.39 Å². The number of rotatable bonds is 2. The summed E-state index contributed by atoms with van der Waals surface area (Å²) in [5.74, 6) is -0.162. The molecule has 0 bridgehead atoms. The first kappa shape index (κ1) is 14.5. The molecule has 0 spiro atoms. The van der Waals surface area contributed by atoms with Gasteiger partial charge in [0.05, 0.1) is 0 Å². The zero-order chi connectivity index (χ0) is 14.0. The Morgan fingerprint density at radius 1 is 1.26 bits per heavy atom. The van der Waals surface area contributed by atoms with Crippen molar-refractivity contribution in [1.29, 1.82) is 0 Å². The highest BCUT2D eigenvalue weighted by Crippen LogP contribution is 2.24. The van der Waals surface area contributed by atoms with Gasteiger partial charge in [-0.25, -0.2) is 4.39 Å². The van der Waals surface area contributed by atoms with Gasteiger partial charge in [-0.1, -0.05) is 32.9 Å². The van der Waals surface area contributed by atoms with Crippen LogP contribution in [0, 0.1) is 11.2 Å². The third kappa shape index (κ3) is 3.77. The lowest BCUT2D eigenvalue weighted by Crippen LogP contribution is -2.59. The standard InChI is InChI=1S/C16H25FN2/c1-12-9-18-15(16(2,3)4)11-19(12)10-13-5-7-14(17)8-6-13/h5-8,12,15,18H,9-11H2,1-4H3. The minimum atomic E-state index is -0.162. The number of piperazine rings is 1. The molecule has 2 atom stereocenters. The van der Waals surface area contributed by atoms with Crippen LogP contribution >= 0.6 is 0 Å². The highest BCUT2D eigenvalue weighted by atomic mass is 19.1. The fraction of sp³-hybridized carbons (Fsp3) is 0.625. The highest BCUT2D eigenvalue weighted by molar-refractivity contribution is 5.16. The average Bonchev–Trinajstić information content (AvgIpc) is 2.33. The first-order chi connectivity index (χ1) is 8.86. The number of hydrogen-bond donors (Lipinski definition) is 1. The number of nitrogens with one attached hydrogen (secondary N) is 1. The van der Waals surface area contributed by atoms with Crippen molar-refractivity contribution in [2.45, 2.75) is 46.3 Å². The van der Waals surface area contributed by atoms with Gasteiger partial charge in [-0.05, 0) is 30.0 Å². The summed E-state index contributed by atoms with van der Waals surface area (Å²) in [4.78, 5) is 2.49. The van der Waals surface area contributed by atoms with Gasteiger partial charge in [0.1, 0.15) is 5.82 Å². The predicted octanol–water partition coefficient (Wildman–Crippen LogP) is 3.03. The van der Waals surface area contributed by atoms with Crippen molar-refractivity contribution in [3.63, 3.8) is 0 Å². The van der Waals surface area contributed by atoms with Gasteiger partial charge in [0.25, 0.3) is 0 Å². The molecule has 1 aromatic carbocycles. The lowest BCUT2D eigenvalue weighted by molar-refractivity contribution is 0.0877. The van der Waals surface area contributed by atoms with Gasteiger partial charge in [0.2, 0.25) is 0 Å². The average molecular weight is 264 g/mol. The molecule has 1 aliphatic rings. The molecule has 1 aromatic rings. The summed E-state index contributed by atoms with van der Waals surface area (Å²) < 4.78 is 12.9. The van der Waals surface area contributed by atoms with E-state index in [0.717, 1.165) is 19.6 Å². The summed E-state index contributed by atoms with van der Waals surface area (Å²) >= 11 is 0. The van der Waals surface area contributed by atoms with Crippen LogP contribution in [0.5, 0.6) is 0 Å². The lowest BCUT2D eigenvalue weighted by Gasteiger charge is -2.44. The van der Waals surface area contributed by atoms with Crippen molar-refractivity contribution >= 4 is 0 Å². The molecule has 2 rings (SSSR count). The second-order valence-electron chi connectivity index (χ2n) is 6.73. The van der Waals surface area contributed by atoms with Crippen LogP contribution in [0.4, 0.5) is 4.39 Å². The van der Waals surface area contributed by atoms with Crippen LogP contribution in [0.2, 0.25) is 0 Å². The van der Waals surface area contributed by atoms with E-state index < -0.39 is 0 Å². The number of nitrogens with zero attached hydrogens (tertiary/aromatic N) is 1. The van der Waals surface area contributed by atoms with Crippen LogP contribution in [-0.2, 0) is 6.54 Å². The molecule has 1 heterocycles. The van der Waals surface area contributed by atoms with Crippen molar-refractivity contribution in [3.05, 3.63) is 35.6 Å². The van der Waals surface area contributed by atoms with Crippen LogP contribution in [0.15, 0.2) is 24.3 Å². The van der Waals surface area contributed by atoms with E-state index in [0.29, 0.717) is 12.1 Å². The first-order valence-electron chi connectivity index (χ1n) is 7.08. The van der Waals surface area contributed by atoms with Gasteiger partial charge in [0.15, 0.2) is 0 Å². The van der Waals surface area contributed by atoms with Gasteiger partial charge in [0, 0.05) is 31.7 Å². The minimum Gasteiger partial charge on any atom is -0.311 e. The van der Waals surface area contributed by atoms with Crippen molar-refractivity contribution < 1.29 is 4.39 Å². The molecule has 0 amide bonds. The Labute approximate surface area is 116 Å². The van der Waals surface area contributed by atoms with E-state index in [1.54, 1.807) is 12.1 Å². The second-order valence-corrected chi connectivity index (χ2v) is 6.73. The van der Waals surface area contributed by atoms with E-state index in [-0.39, 0.29) is 11.2 Å². The molecule has 2 nitrogen and oxygen atoms in total. The van der Waals surface area contributed by atoms with Crippen LogP contribution in [0.25, 0.3) is 0 Å². The molecule has 1 saturated heterocycles. The van der Waals surface area contributed by atoms with Gasteiger partial charge in [-0.3, -0.25) is 4.90 Å². The maximum Gasteiger partial charge on any atom is 0.123 e. The predicted molar refractivity (Wildman–Crippen MR) is 77.5 cm³/mol. The third-order valence-corrected chi connectivity index (χ3v) is 4.04. The Bertz CT molecular complexity index is 408. The van der Waals surface area contributed by atoms with Crippen LogP contribution < -0.4 is 5.32 Å². The molecular formula is C16H25FN2. The first-order valence-corrected chi connectivity index (χ1v) is 7.08. The molecule has 1 N–H and O–H groups in total. The van der Waals surface area contributed by atoms with Gasteiger partial charge in [-0.15, -0.1) is 0 Å². The van der Waals surface area contributed by atoms with E-state index in [4.69, 9.17) is 0 Å². The Morgan fingerprint density at radius 2 is 1.89 bits per heavy atom. The fourth-order valence-corrected chi connectivity index (χ4v) is 2.55. The molecule has 0 radical (unpaired) electrons. The molecule has 106 valence electrons. The van der Waals surface area contributed by atoms with E-state index in [1.165, 1.54) is 5.56 Å². The number of halogens is 1. The van der Waals surface area contributed by atoms with E-state index >= 15 is 0 Å². The normalized spacial score (nSPS) is 25.5. The summed E-state index contributed by atoms with van der Waals surface area (Å²) in [6, 6.07) is 7.88. The van der Waals surface area contributed by atoms with Crippen LogP contribution in [0.3, 0.4) is 0 Å². The Kier molecular flexibility index (Phi) is 4.26. The summed E-state index contributed by atoms with van der Waals surface area (Å²) in [7, 11) is 0. The molecule has 0 saturated carbocycles. The quantitative estimate of drug-likeness (QED) is 0.883.